The van der Waals surface area contributed by atoms with Crippen LogP contribution in [0.5, 0.6) is 0 Å². The van der Waals surface area contributed by atoms with Crippen LogP contribution in [0.15, 0.2) is 0 Å². The van der Waals surface area contributed by atoms with Crippen LogP contribution in [0.25, 0.3) is 0 Å². The van der Waals surface area contributed by atoms with Gasteiger partial charge in [0, 0.05) is 35.8 Å². The number of aliphatic carboxylic acids is 2. The Hall–Kier alpha value is -2.87. The Morgan fingerprint density at radius 1 is 0.853 bits per heavy atom. The number of unbranched alkanes of at least 4 members (excludes halogenated alkanes) is 1. The lowest BCUT2D eigenvalue weighted by molar-refractivity contribution is -0.538. The van der Waals surface area contributed by atoms with Crippen molar-refractivity contribution < 1.29 is 39.3 Å². The van der Waals surface area contributed by atoms with Gasteiger partial charge in [0.1, 0.15) is 5.92 Å². The van der Waals surface area contributed by atoms with Crippen molar-refractivity contribution in [3.63, 3.8) is 0 Å². The second-order valence-electron chi connectivity index (χ2n) is 8.85. The number of rotatable bonds is 13. The molecule has 6 unspecified atom stereocenters. The number of hydrogen-bond acceptors (Lipinski definition) is 9. The van der Waals surface area contributed by atoms with Gasteiger partial charge >= 0.3 is 11.9 Å². The lowest BCUT2D eigenvalue weighted by atomic mass is 9.75. The molecule has 0 aromatic heterocycles. The quantitative estimate of drug-likeness (QED) is 0.161. The number of nitrogens with zero attached hydrogens (tertiary/aromatic N) is 2. The average Bonchev–Trinajstić information content (AvgIpc) is 2.79. The van der Waals surface area contributed by atoms with E-state index in [0.717, 1.165) is 0 Å². The van der Waals surface area contributed by atoms with E-state index in [0.29, 0.717) is 45.1 Å². The fraction of sp³-hybridized carbons (Fsp3) is 0.850. The zero-order valence-corrected chi connectivity index (χ0v) is 18.8. The summed E-state index contributed by atoms with van der Waals surface area (Å²) in [6.07, 6.45) is 2.94. The highest BCUT2D eigenvalue weighted by molar-refractivity contribution is 5.85. The van der Waals surface area contributed by atoms with Crippen LogP contribution in [-0.4, -0.2) is 69.7 Å². The molecule has 14 nitrogen and oxygen atoms in total. The zero-order valence-electron chi connectivity index (χ0n) is 18.8. The van der Waals surface area contributed by atoms with Crippen LogP contribution in [-0.2, 0) is 19.2 Å². The first kappa shape index (κ1) is 27.4. The number of hydrogen-bond donors (Lipinski definition) is 4. The van der Waals surface area contributed by atoms with Crippen LogP contribution < -0.4 is 10.8 Å². The van der Waals surface area contributed by atoms with E-state index in [9.17, 15) is 44.8 Å². The molecular weight excluding hydrogens is 456 g/mol. The molecule has 2 aliphatic carbocycles. The minimum Gasteiger partial charge on any atom is -0.481 e. The largest absolute Gasteiger partial charge is 0.481 e. The summed E-state index contributed by atoms with van der Waals surface area (Å²) in [5.41, 5.74) is 2.65. The SMILES string of the molecule is O=C(O)C1CCCC([N+](=O)[O-])C1CONCCCCNC(=O)C1C(C(=O)O)CCCC1[N+](=O)[O-]. The molecule has 0 aromatic carbocycles. The number of carbonyl (C=O) groups excluding carboxylic acids is 1. The molecule has 34 heavy (non-hydrogen) atoms. The fourth-order valence-corrected chi connectivity index (χ4v) is 4.96. The van der Waals surface area contributed by atoms with Gasteiger partial charge in [-0.1, -0.05) is 0 Å². The first-order chi connectivity index (χ1) is 16.1. The molecule has 0 aromatic rings. The van der Waals surface area contributed by atoms with E-state index in [-0.39, 0.29) is 26.0 Å². The lowest BCUT2D eigenvalue weighted by Gasteiger charge is -2.30. The van der Waals surface area contributed by atoms with Crippen molar-refractivity contribution in [1.82, 2.24) is 10.8 Å². The summed E-state index contributed by atoms with van der Waals surface area (Å²) in [5.74, 6) is -6.79. The minimum atomic E-state index is -1.22. The molecule has 0 saturated heterocycles. The van der Waals surface area contributed by atoms with Crippen molar-refractivity contribution in [2.75, 3.05) is 19.7 Å². The topological polar surface area (TPSA) is 211 Å². The van der Waals surface area contributed by atoms with Gasteiger partial charge < -0.3 is 20.4 Å². The third kappa shape index (κ3) is 7.32. The fourth-order valence-electron chi connectivity index (χ4n) is 4.96. The molecule has 0 spiro atoms. The normalized spacial score (nSPS) is 29.2. The summed E-state index contributed by atoms with van der Waals surface area (Å²) < 4.78 is 0. The maximum Gasteiger partial charge on any atom is 0.307 e. The van der Waals surface area contributed by atoms with Crippen LogP contribution in [0.2, 0.25) is 0 Å². The van der Waals surface area contributed by atoms with Gasteiger partial charge in [-0.05, 0) is 38.5 Å². The summed E-state index contributed by atoms with van der Waals surface area (Å²) in [7, 11) is 0. The Bertz CT molecular complexity index is 720. The van der Waals surface area contributed by atoms with Crippen molar-refractivity contribution in [2.24, 2.45) is 23.7 Å². The van der Waals surface area contributed by atoms with Gasteiger partial charge in [0.25, 0.3) is 0 Å². The maximum atomic E-state index is 12.5. The molecule has 0 bridgehead atoms. The molecule has 0 radical (unpaired) electrons. The Balaban J connectivity index is 1.71. The van der Waals surface area contributed by atoms with E-state index in [4.69, 9.17) is 4.84 Å². The number of hydroxylamine groups is 1. The number of carboxylic acid groups (broad SMARTS) is 2. The Labute approximate surface area is 195 Å². The highest BCUT2D eigenvalue weighted by Crippen LogP contribution is 2.33. The van der Waals surface area contributed by atoms with E-state index in [1.54, 1.807) is 0 Å². The highest BCUT2D eigenvalue weighted by Gasteiger charge is 2.48. The molecule has 4 N–H and O–H groups in total. The van der Waals surface area contributed by atoms with E-state index in [1.165, 1.54) is 0 Å². The van der Waals surface area contributed by atoms with Gasteiger partial charge in [-0.2, -0.15) is 0 Å². The molecule has 1 amide bonds. The van der Waals surface area contributed by atoms with Crippen LogP contribution in [0.3, 0.4) is 0 Å². The molecule has 6 atom stereocenters. The van der Waals surface area contributed by atoms with E-state index < -0.39 is 63.4 Å². The molecular formula is C20H32N4O10. The zero-order chi connectivity index (χ0) is 25.3. The Morgan fingerprint density at radius 3 is 2.00 bits per heavy atom. The average molecular weight is 488 g/mol. The van der Waals surface area contributed by atoms with E-state index in [2.05, 4.69) is 10.8 Å². The maximum absolute atomic E-state index is 12.5. The first-order valence-corrected chi connectivity index (χ1v) is 11.5. The van der Waals surface area contributed by atoms with Gasteiger partial charge in [-0.3, -0.25) is 34.6 Å². The molecule has 2 fully saturated rings. The second-order valence-corrected chi connectivity index (χ2v) is 8.85. The predicted octanol–water partition coefficient (Wildman–Crippen LogP) is 0.696. The highest BCUT2D eigenvalue weighted by atomic mass is 16.6. The van der Waals surface area contributed by atoms with Gasteiger partial charge in [0.15, 0.2) is 0 Å². The Morgan fingerprint density at radius 2 is 1.41 bits per heavy atom. The molecule has 2 aliphatic rings. The number of nitro groups is 2. The van der Waals surface area contributed by atoms with Crippen molar-refractivity contribution in [3.8, 4) is 0 Å². The van der Waals surface area contributed by atoms with Crippen molar-refractivity contribution in [1.29, 1.82) is 0 Å². The summed E-state index contributed by atoms with van der Waals surface area (Å²) in [6.45, 7) is 0.420. The molecule has 0 heterocycles. The van der Waals surface area contributed by atoms with Gasteiger partial charge in [-0.15, -0.1) is 0 Å². The number of amides is 1. The third-order valence-corrected chi connectivity index (χ3v) is 6.75. The van der Waals surface area contributed by atoms with Crippen LogP contribution in [0.4, 0.5) is 0 Å². The molecule has 2 saturated carbocycles. The van der Waals surface area contributed by atoms with Crippen LogP contribution in [0, 0.1) is 43.9 Å². The monoisotopic (exact) mass is 488 g/mol. The molecule has 192 valence electrons. The van der Waals surface area contributed by atoms with Gasteiger partial charge in [0.05, 0.1) is 24.4 Å². The number of nitrogens with one attached hydrogen (secondary N) is 2. The minimum absolute atomic E-state index is 0.111. The third-order valence-electron chi connectivity index (χ3n) is 6.75. The van der Waals surface area contributed by atoms with Crippen LogP contribution in [0.1, 0.15) is 51.4 Å². The van der Waals surface area contributed by atoms with Crippen molar-refractivity contribution in [2.45, 2.75) is 63.5 Å². The number of carbonyl (C=O) groups is 3. The predicted molar refractivity (Wildman–Crippen MR) is 115 cm³/mol. The molecule has 2 rings (SSSR count). The van der Waals surface area contributed by atoms with Gasteiger partial charge in [0.2, 0.25) is 18.0 Å². The summed E-state index contributed by atoms with van der Waals surface area (Å²) >= 11 is 0. The van der Waals surface area contributed by atoms with Crippen LogP contribution >= 0.6 is 0 Å². The first-order valence-electron chi connectivity index (χ1n) is 11.5. The summed E-state index contributed by atoms with van der Waals surface area (Å²) in [4.78, 5) is 62.2. The smallest absolute Gasteiger partial charge is 0.307 e. The van der Waals surface area contributed by atoms with E-state index >= 15 is 0 Å². The van der Waals surface area contributed by atoms with Gasteiger partial charge in [-0.25, -0.2) is 5.48 Å². The van der Waals surface area contributed by atoms with E-state index in [1.807, 2.05) is 0 Å². The second kappa shape index (κ2) is 13.1. The molecule has 14 heteroatoms. The summed E-state index contributed by atoms with van der Waals surface area (Å²) in [5, 5.41) is 43.8. The number of carboxylic acids is 2. The van der Waals surface area contributed by atoms with Crippen molar-refractivity contribution >= 4 is 17.8 Å². The lowest BCUT2D eigenvalue weighted by Crippen LogP contribution is -2.49. The molecule has 0 aliphatic heterocycles. The van der Waals surface area contributed by atoms with Crippen molar-refractivity contribution in [3.05, 3.63) is 20.2 Å². The standard InChI is InChI=1S/C20H32N4O10/c25-18(17-13(20(28)29)6-4-8-16(17)24(32)33)21-9-1-2-10-22-34-11-14-12(19(26)27)5-3-7-15(14)23(30)31/h12-17,22H,1-11H2,(H,21,25)(H,26,27)(H,28,29). The Kier molecular flexibility index (Phi) is 10.6. The summed E-state index contributed by atoms with van der Waals surface area (Å²) in [6, 6.07) is -2.19.